The summed E-state index contributed by atoms with van der Waals surface area (Å²) in [7, 11) is 0. The van der Waals surface area contributed by atoms with Crippen LogP contribution in [0.1, 0.15) is 40.2 Å². The van der Waals surface area contributed by atoms with Crippen LogP contribution in [0, 0.1) is 3.57 Å². The molecular formula is C32H38Br4F3IN8O2. The average Bonchev–Trinajstić information content (AvgIpc) is 3.61. The van der Waals surface area contributed by atoms with Crippen molar-refractivity contribution in [2.45, 2.75) is 59.5 Å². The van der Waals surface area contributed by atoms with Crippen LogP contribution in [0.3, 0.4) is 0 Å². The number of halogens is 8. The number of nitrogens with zero attached hydrogens (tertiary/aromatic N) is 7. The zero-order valence-corrected chi connectivity index (χ0v) is 36.7. The van der Waals surface area contributed by atoms with E-state index in [1.54, 1.807) is 11.0 Å². The van der Waals surface area contributed by atoms with Crippen LogP contribution in [0.5, 0.6) is 0 Å². The highest BCUT2D eigenvalue weighted by Crippen LogP contribution is 2.44. The maximum Gasteiger partial charge on any atom is 0.419 e. The Morgan fingerprint density at radius 3 is 1.80 bits per heavy atom. The SMILES string of the molecule is CCn1c(N2CCN(C(=O)OC(C)(C)C)CC2)nc2c(I)c(Br)c(Br)cc21.CCn1c(N2CCNCC2)nc2c(C(F)(F)F)c(Br)c(Br)cc21. The predicted octanol–water partition coefficient (Wildman–Crippen LogP) is 9.25. The first kappa shape index (κ1) is 39.8. The third kappa shape index (κ3) is 8.39. The molecule has 6 rings (SSSR count). The molecule has 4 heterocycles. The zero-order valence-electron chi connectivity index (χ0n) is 28.2. The summed E-state index contributed by atoms with van der Waals surface area (Å²) >= 11 is 15.8. The molecule has 4 aromatic rings. The van der Waals surface area contributed by atoms with Crippen molar-refractivity contribution in [3.05, 3.63) is 39.2 Å². The second-order valence-electron chi connectivity index (χ2n) is 12.8. The fraction of sp³-hybridized carbons (Fsp3) is 0.531. The topological polar surface area (TPSA) is 83.7 Å². The summed E-state index contributed by atoms with van der Waals surface area (Å²) < 4.78 is 53.6. The lowest BCUT2D eigenvalue weighted by molar-refractivity contribution is -0.137. The Morgan fingerprint density at radius 1 is 0.820 bits per heavy atom. The molecule has 0 saturated carbocycles. The first-order valence-electron chi connectivity index (χ1n) is 16.1. The Labute approximate surface area is 336 Å². The molecular weight excluding hydrogens is 1030 g/mol. The van der Waals surface area contributed by atoms with E-state index < -0.39 is 17.3 Å². The normalized spacial score (nSPS) is 15.9. The molecule has 1 N–H and O–H groups in total. The summed E-state index contributed by atoms with van der Waals surface area (Å²) in [6.07, 6.45) is -4.72. The van der Waals surface area contributed by atoms with Gasteiger partial charge in [-0.2, -0.15) is 13.2 Å². The second kappa shape index (κ2) is 15.9. The summed E-state index contributed by atoms with van der Waals surface area (Å²) in [6.45, 7) is 16.9. The van der Waals surface area contributed by atoms with Crippen LogP contribution in [-0.2, 0) is 24.0 Å². The van der Waals surface area contributed by atoms with E-state index in [4.69, 9.17) is 9.72 Å². The minimum absolute atomic E-state index is 0.00915. The molecule has 1 amide bonds. The summed E-state index contributed by atoms with van der Waals surface area (Å²) in [5, 5.41) is 3.24. The van der Waals surface area contributed by atoms with E-state index in [1.165, 1.54) is 0 Å². The lowest BCUT2D eigenvalue weighted by Crippen LogP contribution is -2.50. The first-order valence-corrected chi connectivity index (χ1v) is 20.4. The zero-order chi connectivity index (χ0) is 36.7. The Bertz CT molecular complexity index is 1880. The molecule has 2 aliphatic heterocycles. The molecule has 18 heteroatoms. The van der Waals surface area contributed by atoms with Crippen LogP contribution in [0.15, 0.2) is 30.0 Å². The van der Waals surface area contributed by atoms with E-state index in [9.17, 15) is 18.0 Å². The number of carbonyl (C=O) groups is 1. The summed E-state index contributed by atoms with van der Waals surface area (Å²) in [5.74, 6) is 1.55. The number of hydrogen-bond acceptors (Lipinski definition) is 7. The molecule has 2 aromatic heterocycles. The molecule has 2 fully saturated rings. The molecule has 0 radical (unpaired) electrons. The van der Waals surface area contributed by atoms with Crippen molar-refractivity contribution in [2.75, 3.05) is 62.2 Å². The monoisotopic (exact) mass is 1070 g/mol. The summed E-state index contributed by atoms with van der Waals surface area (Å²) in [4.78, 5) is 27.7. The molecule has 10 nitrogen and oxygen atoms in total. The number of nitrogens with one attached hydrogen (secondary N) is 1. The van der Waals surface area contributed by atoms with Gasteiger partial charge in [0.15, 0.2) is 0 Å². The number of carbonyl (C=O) groups excluding carboxylic acids is 1. The minimum atomic E-state index is -4.48. The van der Waals surface area contributed by atoms with Crippen LogP contribution in [0.2, 0.25) is 0 Å². The van der Waals surface area contributed by atoms with Gasteiger partial charge in [0.05, 0.1) is 20.2 Å². The van der Waals surface area contributed by atoms with Crippen molar-refractivity contribution in [1.29, 1.82) is 0 Å². The van der Waals surface area contributed by atoms with E-state index >= 15 is 0 Å². The lowest BCUT2D eigenvalue weighted by Gasteiger charge is -2.36. The van der Waals surface area contributed by atoms with Gasteiger partial charge in [-0.1, -0.05) is 0 Å². The minimum Gasteiger partial charge on any atom is -0.444 e. The molecule has 2 saturated heterocycles. The number of imidazole rings is 2. The third-order valence-electron chi connectivity index (χ3n) is 8.31. The van der Waals surface area contributed by atoms with Crippen molar-refractivity contribution in [2.24, 2.45) is 0 Å². The van der Waals surface area contributed by atoms with Crippen molar-refractivity contribution in [3.8, 4) is 0 Å². The number of aromatic nitrogens is 4. The Hall–Kier alpha value is -1.35. The molecule has 2 aliphatic rings. The van der Waals surface area contributed by atoms with Gasteiger partial charge >= 0.3 is 12.3 Å². The highest BCUT2D eigenvalue weighted by atomic mass is 127. The van der Waals surface area contributed by atoms with Gasteiger partial charge < -0.3 is 33.9 Å². The first-order chi connectivity index (χ1) is 23.5. The Balaban J connectivity index is 0.000000197. The van der Waals surface area contributed by atoms with Crippen LogP contribution in [0.25, 0.3) is 22.1 Å². The van der Waals surface area contributed by atoms with E-state index in [0.29, 0.717) is 35.6 Å². The molecule has 274 valence electrons. The van der Waals surface area contributed by atoms with Gasteiger partial charge in [-0.25, -0.2) is 14.8 Å². The summed E-state index contributed by atoms with van der Waals surface area (Å²) in [5.41, 5.74) is 1.39. The Kier molecular flexibility index (Phi) is 12.7. The standard InChI is InChI=1S/C18H23Br2IN4O2.C14H15Br2F3N4/c1-5-25-12-10-11(19)13(20)14(21)15(12)22-16(25)23-6-8-24(9-7-23)17(26)27-18(2,3)4;1-2-23-9-7-8(15)11(16)10(14(17,18)19)12(9)21-13(23)22-5-3-20-4-6-22/h10H,5-9H2,1-4H3;7,20H,2-6H2,1H3. The maximum absolute atomic E-state index is 13.5. The molecule has 50 heavy (non-hydrogen) atoms. The molecule has 0 spiro atoms. The summed E-state index contributed by atoms with van der Waals surface area (Å²) in [6, 6.07) is 3.80. The van der Waals surface area contributed by atoms with E-state index in [2.05, 4.69) is 119 Å². The van der Waals surface area contributed by atoms with Gasteiger partial charge in [-0.15, -0.1) is 0 Å². The van der Waals surface area contributed by atoms with Crippen molar-refractivity contribution < 1.29 is 22.7 Å². The number of rotatable bonds is 4. The molecule has 0 unspecified atom stereocenters. The van der Waals surface area contributed by atoms with Gasteiger partial charge in [0, 0.05) is 83.3 Å². The fourth-order valence-corrected chi connectivity index (χ4v) is 8.71. The predicted molar refractivity (Wildman–Crippen MR) is 214 cm³/mol. The largest absolute Gasteiger partial charge is 0.444 e. The van der Waals surface area contributed by atoms with Crippen LogP contribution in [-0.4, -0.2) is 88.1 Å². The number of fused-ring (bicyclic) bond motifs is 2. The van der Waals surface area contributed by atoms with Gasteiger partial charge in [0.2, 0.25) is 11.9 Å². The van der Waals surface area contributed by atoms with Gasteiger partial charge in [0.1, 0.15) is 16.6 Å². The van der Waals surface area contributed by atoms with Crippen molar-refractivity contribution in [3.63, 3.8) is 0 Å². The molecule has 0 bridgehead atoms. The fourth-order valence-electron chi connectivity index (χ4n) is 5.99. The van der Waals surface area contributed by atoms with Gasteiger partial charge in [-0.3, -0.25) is 0 Å². The number of aryl methyl sites for hydroxylation is 2. The van der Waals surface area contributed by atoms with Crippen LogP contribution in [0.4, 0.5) is 29.9 Å². The molecule has 0 atom stereocenters. The van der Waals surface area contributed by atoms with Crippen LogP contribution >= 0.6 is 86.3 Å². The van der Waals surface area contributed by atoms with Gasteiger partial charge in [-0.05, 0) is 133 Å². The highest BCUT2D eigenvalue weighted by Gasteiger charge is 2.38. The number of anilines is 2. The highest BCUT2D eigenvalue weighted by molar-refractivity contribution is 14.1. The van der Waals surface area contributed by atoms with E-state index in [1.807, 2.05) is 37.2 Å². The molecule has 0 aliphatic carbocycles. The number of benzene rings is 2. The quantitative estimate of drug-likeness (QED) is 0.161. The number of alkyl halides is 3. The van der Waals surface area contributed by atoms with Crippen LogP contribution < -0.4 is 15.1 Å². The average molecular weight is 1070 g/mol. The Morgan fingerprint density at radius 2 is 1.30 bits per heavy atom. The second-order valence-corrected chi connectivity index (χ2v) is 17.1. The van der Waals surface area contributed by atoms with Crippen molar-refractivity contribution in [1.82, 2.24) is 29.3 Å². The molecule has 2 aromatic carbocycles. The van der Waals surface area contributed by atoms with E-state index in [0.717, 1.165) is 75.3 Å². The van der Waals surface area contributed by atoms with E-state index in [-0.39, 0.29) is 16.1 Å². The van der Waals surface area contributed by atoms with Crippen molar-refractivity contribution >= 4 is 126 Å². The third-order valence-corrected chi connectivity index (χ3v) is 14.1. The maximum atomic E-state index is 13.5. The number of ether oxygens (including phenoxy) is 1. The lowest BCUT2D eigenvalue weighted by atomic mass is 10.2. The number of piperazine rings is 2. The number of hydrogen-bond donors (Lipinski definition) is 1. The van der Waals surface area contributed by atoms with Gasteiger partial charge in [0.25, 0.3) is 0 Å². The number of amides is 1. The smallest absolute Gasteiger partial charge is 0.419 e.